The molecule has 5 rings (SSSR count). The molecule has 35 heavy (non-hydrogen) atoms. The molecule has 4 heterocycles. The molecule has 2 fully saturated rings. The van der Waals surface area contributed by atoms with E-state index in [-0.39, 0.29) is 11.5 Å². The summed E-state index contributed by atoms with van der Waals surface area (Å²) in [6.45, 7) is 9.26. The summed E-state index contributed by atoms with van der Waals surface area (Å²) in [4.78, 5) is 11.4. The third-order valence-corrected chi connectivity index (χ3v) is 6.95. The molecular weight excluding hydrogens is 442 g/mol. The Morgan fingerprint density at radius 3 is 2.86 bits per heavy atom. The lowest BCUT2D eigenvalue weighted by Gasteiger charge is -2.51. The number of nitrogens with zero attached hydrogens (tertiary/aromatic N) is 4. The molecule has 1 spiro atoms. The van der Waals surface area contributed by atoms with Gasteiger partial charge in [0.25, 0.3) is 0 Å². The third-order valence-electron chi connectivity index (χ3n) is 6.95. The Hall–Kier alpha value is -2.88. The van der Waals surface area contributed by atoms with Crippen LogP contribution in [0.25, 0.3) is 11.0 Å². The molecule has 0 unspecified atom stereocenters. The van der Waals surface area contributed by atoms with Gasteiger partial charge in [0.2, 0.25) is 5.95 Å². The van der Waals surface area contributed by atoms with E-state index in [1.165, 1.54) is 18.4 Å². The van der Waals surface area contributed by atoms with Crippen LogP contribution < -0.4 is 21.1 Å². The molecule has 188 valence electrons. The van der Waals surface area contributed by atoms with Crippen molar-refractivity contribution in [2.75, 3.05) is 57.5 Å². The van der Waals surface area contributed by atoms with Gasteiger partial charge in [-0.3, -0.25) is 4.90 Å². The fourth-order valence-corrected chi connectivity index (χ4v) is 5.25. The number of aromatic nitrogens is 3. The number of anilines is 2. The average molecular weight is 480 g/mol. The van der Waals surface area contributed by atoms with Crippen molar-refractivity contribution >= 4 is 22.8 Å². The van der Waals surface area contributed by atoms with Crippen molar-refractivity contribution in [2.45, 2.75) is 44.9 Å². The number of hydrogen-bond acceptors (Lipinski definition) is 8. The van der Waals surface area contributed by atoms with E-state index >= 15 is 0 Å². The Kier molecular flexibility index (Phi) is 7.08. The third kappa shape index (κ3) is 5.22. The molecule has 2 aliphatic rings. The van der Waals surface area contributed by atoms with Gasteiger partial charge in [-0.05, 0) is 30.2 Å². The SMILES string of the molecule is CCCCCNc1nc(N)nc2ccn(Cc3cc(CN4CC5(CNCCO5)C4)ccc3OC)c12. The van der Waals surface area contributed by atoms with Crippen LogP contribution in [-0.2, 0) is 17.8 Å². The molecule has 4 N–H and O–H groups in total. The Bertz CT molecular complexity index is 1150. The van der Waals surface area contributed by atoms with Crippen LogP contribution in [0, 0.1) is 0 Å². The maximum atomic E-state index is 6.05. The first-order chi connectivity index (χ1) is 17.1. The first kappa shape index (κ1) is 23.8. The second-order valence-corrected chi connectivity index (χ2v) is 9.74. The topological polar surface area (TPSA) is 102 Å². The van der Waals surface area contributed by atoms with Crippen molar-refractivity contribution in [3.63, 3.8) is 0 Å². The predicted octanol–water partition coefficient (Wildman–Crippen LogP) is 2.85. The summed E-state index contributed by atoms with van der Waals surface area (Å²) < 4.78 is 13.9. The number of nitrogens with two attached hydrogens (primary N) is 1. The van der Waals surface area contributed by atoms with Crippen molar-refractivity contribution in [3.8, 4) is 5.75 Å². The monoisotopic (exact) mass is 479 g/mol. The minimum atomic E-state index is -0.0000185. The van der Waals surface area contributed by atoms with E-state index in [1.54, 1.807) is 7.11 Å². The van der Waals surface area contributed by atoms with Gasteiger partial charge in [-0.1, -0.05) is 25.8 Å². The zero-order chi connectivity index (χ0) is 24.3. The summed E-state index contributed by atoms with van der Waals surface area (Å²) in [7, 11) is 1.73. The first-order valence-electron chi connectivity index (χ1n) is 12.7. The van der Waals surface area contributed by atoms with E-state index in [4.69, 9.17) is 15.2 Å². The molecule has 0 saturated carbocycles. The maximum absolute atomic E-state index is 6.05. The molecule has 2 saturated heterocycles. The van der Waals surface area contributed by atoms with Gasteiger partial charge in [0.15, 0.2) is 5.82 Å². The van der Waals surface area contributed by atoms with Crippen LogP contribution in [0.5, 0.6) is 5.75 Å². The number of benzene rings is 1. The molecule has 2 aromatic heterocycles. The van der Waals surface area contributed by atoms with E-state index in [1.807, 2.05) is 6.07 Å². The highest BCUT2D eigenvalue weighted by atomic mass is 16.5. The number of unbranched alkanes of at least 4 members (excludes halogenated alkanes) is 2. The van der Waals surface area contributed by atoms with E-state index < -0.39 is 0 Å². The van der Waals surface area contributed by atoms with Gasteiger partial charge < -0.3 is 30.4 Å². The second-order valence-electron chi connectivity index (χ2n) is 9.74. The number of likely N-dealkylation sites (tertiary alicyclic amines) is 1. The molecule has 3 aromatic rings. The fraction of sp³-hybridized carbons (Fsp3) is 0.538. The van der Waals surface area contributed by atoms with Crippen LogP contribution in [0.2, 0.25) is 0 Å². The molecule has 0 atom stereocenters. The quantitative estimate of drug-likeness (QED) is 0.382. The van der Waals surface area contributed by atoms with Gasteiger partial charge in [-0.15, -0.1) is 0 Å². The molecule has 2 aliphatic heterocycles. The lowest BCUT2D eigenvalue weighted by molar-refractivity contribution is -0.158. The number of ether oxygens (including phenoxy) is 2. The number of fused-ring (bicyclic) bond motifs is 1. The minimum absolute atomic E-state index is 0.0000185. The highest BCUT2D eigenvalue weighted by Crippen LogP contribution is 2.30. The molecule has 1 aromatic carbocycles. The van der Waals surface area contributed by atoms with Gasteiger partial charge in [0, 0.05) is 51.0 Å². The van der Waals surface area contributed by atoms with Crippen molar-refractivity contribution in [3.05, 3.63) is 41.6 Å². The lowest BCUT2D eigenvalue weighted by Crippen LogP contribution is -2.69. The van der Waals surface area contributed by atoms with Crippen molar-refractivity contribution < 1.29 is 9.47 Å². The van der Waals surface area contributed by atoms with Crippen LogP contribution >= 0.6 is 0 Å². The molecular formula is C26H37N7O2. The number of hydrogen-bond donors (Lipinski definition) is 3. The van der Waals surface area contributed by atoms with Gasteiger partial charge in [0.05, 0.1) is 25.8 Å². The smallest absolute Gasteiger partial charge is 0.222 e. The number of nitrogens with one attached hydrogen (secondary N) is 2. The van der Waals surface area contributed by atoms with Gasteiger partial charge in [-0.2, -0.15) is 4.98 Å². The molecule has 9 heteroatoms. The molecule has 9 nitrogen and oxygen atoms in total. The molecule has 0 amide bonds. The lowest BCUT2D eigenvalue weighted by atomic mass is 9.92. The van der Waals surface area contributed by atoms with Crippen molar-refractivity contribution in [2.24, 2.45) is 0 Å². The Morgan fingerprint density at radius 1 is 1.20 bits per heavy atom. The number of nitrogen functional groups attached to an aromatic ring is 1. The largest absolute Gasteiger partial charge is 0.496 e. The Morgan fingerprint density at radius 2 is 2.09 bits per heavy atom. The van der Waals surface area contributed by atoms with E-state index in [0.29, 0.717) is 6.54 Å². The number of morpholine rings is 1. The summed E-state index contributed by atoms with van der Waals surface area (Å²) in [5.41, 5.74) is 10.2. The van der Waals surface area contributed by atoms with E-state index in [9.17, 15) is 0 Å². The number of methoxy groups -OCH3 is 1. The van der Waals surface area contributed by atoms with E-state index in [0.717, 1.165) is 80.5 Å². The highest BCUT2D eigenvalue weighted by molar-refractivity contribution is 5.87. The van der Waals surface area contributed by atoms with Gasteiger partial charge >= 0.3 is 0 Å². The van der Waals surface area contributed by atoms with E-state index in [2.05, 4.69) is 61.4 Å². The van der Waals surface area contributed by atoms with Crippen LogP contribution in [0.15, 0.2) is 30.5 Å². The highest BCUT2D eigenvalue weighted by Gasteiger charge is 2.44. The molecule has 0 aliphatic carbocycles. The normalized spacial score (nSPS) is 17.5. The van der Waals surface area contributed by atoms with Crippen LogP contribution in [0.4, 0.5) is 11.8 Å². The van der Waals surface area contributed by atoms with Crippen molar-refractivity contribution in [1.82, 2.24) is 24.8 Å². The molecule has 0 radical (unpaired) electrons. The number of rotatable bonds is 10. The summed E-state index contributed by atoms with van der Waals surface area (Å²) in [6.07, 6.45) is 5.51. The summed E-state index contributed by atoms with van der Waals surface area (Å²) in [6, 6.07) is 8.48. The summed E-state index contributed by atoms with van der Waals surface area (Å²) in [5, 5.41) is 6.94. The van der Waals surface area contributed by atoms with Crippen LogP contribution in [0.3, 0.4) is 0 Å². The minimum Gasteiger partial charge on any atom is -0.496 e. The summed E-state index contributed by atoms with van der Waals surface area (Å²) in [5.74, 6) is 1.96. The Labute approximate surface area is 207 Å². The standard InChI is InChI=1S/C26H37N7O2/c1-3-4-5-9-29-24-23-21(30-25(27)31-24)8-11-33(23)15-20-13-19(6-7-22(20)34-2)14-32-17-26(18-32)16-28-10-12-35-26/h6-8,11,13,28H,3-5,9-10,12,14-18H2,1-2H3,(H3,27,29,30,31). The van der Waals surface area contributed by atoms with Gasteiger partial charge in [-0.25, -0.2) is 4.98 Å². The van der Waals surface area contributed by atoms with Gasteiger partial charge in [0.1, 0.15) is 16.9 Å². The predicted molar refractivity (Wildman–Crippen MR) is 139 cm³/mol. The second kappa shape index (κ2) is 10.4. The molecule has 0 bridgehead atoms. The average Bonchev–Trinajstić information content (AvgIpc) is 3.24. The first-order valence-corrected chi connectivity index (χ1v) is 12.7. The zero-order valence-electron chi connectivity index (χ0n) is 20.8. The summed E-state index contributed by atoms with van der Waals surface area (Å²) >= 11 is 0. The Balaban J connectivity index is 1.34. The zero-order valence-corrected chi connectivity index (χ0v) is 20.8. The maximum Gasteiger partial charge on any atom is 0.222 e. The fourth-order valence-electron chi connectivity index (χ4n) is 5.25. The van der Waals surface area contributed by atoms with Crippen LogP contribution in [-0.4, -0.2) is 71.5 Å². The van der Waals surface area contributed by atoms with Crippen molar-refractivity contribution in [1.29, 1.82) is 0 Å². The van der Waals surface area contributed by atoms with Crippen LogP contribution in [0.1, 0.15) is 37.3 Å².